The van der Waals surface area contributed by atoms with Crippen LogP contribution < -0.4 is 0 Å². The fourth-order valence-corrected chi connectivity index (χ4v) is 2.70. The Morgan fingerprint density at radius 1 is 1.24 bits per heavy atom. The Kier molecular flexibility index (Phi) is 4.29. The summed E-state index contributed by atoms with van der Waals surface area (Å²) in [7, 11) is 0. The van der Waals surface area contributed by atoms with Crippen molar-refractivity contribution in [1.82, 2.24) is 0 Å². The van der Waals surface area contributed by atoms with E-state index in [1.54, 1.807) is 6.26 Å². The van der Waals surface area contributed by atoms with Crippen molar-refractivity contribution in [3.05, 3.63) is 48.2 Å². The molecule has 1 fully saturated rings. The summed E-state index contributed by atoms with van der Waals surface area (Å²) in [6, 6.07) is 10.2. The van der Waals surface area contributed by atoms with Crippen molar-refractivity contribution in [3.63, 3.8) is 0 Å². The molecule has 0 amide bonds. The molecule has 0 unspecified atom stereocenters. The maximum absolute atomic E-state index is 6.05. The average Bonchev–Trinajstić information content (AvgIpc) is 2.86. The lowest BCUT2D eigenvalue weighted by Gasteiger charge is -2.32. The number of benzene rings is 1. The molecule has 0 N–H and O–H groups in total. The van der Waals surface area contributed by atoms with Crippen molar-refractivity contribution >= 4 is 0 Å². The zero-order valence-electron chi connectivity index (χ0n) is 12.5. The molecule has 1 aromatic rings. The first kappa shape index (κ1) is 14.6. The third-order valence-corrected chi connectivity index (χ3v) is 3.77. The van der Waals surface area contributed by atoms with Gasteiger partial charge in [0.25, 0.3) is 0 Å². The summed E-state index contributed by atoms with van der Waals surface area (Å²) in [6.07, 6.45) is 4.33. The van der Waals surface area contributed by atoms with Gasteiger partial charge in [0.05, 0.1) is 19.5 Å². The zero-order chi connectivity index (χ0) is 14.7. The molecule has 21 heavy (non-hydrogen) atoms. The third-order valence-electron chi connectivity index (χ3n) is 3.77. The fourth-order valence-electron chi connectivity index (χ4n) is 2.70. The van der Waals surface area contributed by atoms with Crippen molar-refractivity contribution in [2.75, 3.05) is 6.61 Å². The summed E-state index contributed by atoms with van der Waals surface area (Å²) < 4.78 is 23.3. The Balaban J connectivity index is 1.61. The second kappa shape index (κ2) is 6.18. The van der Waals surface area contributed by atoms with Gasteiger partial charge in [-0.1, -0.05) is 30.3 Å². The highest BCUT2D eigenvalue weighted by Gasteiger charge is 2.42. The van der Waals surface area contributed by atoms with Crippen LogP contribution in [0.4, 0.5) is 0 Å². The van der Waals surface area contributed by atoms with Crippen LogP contribution >= 0.6 is 0 Å². The summed E-state index contributed by atoms with van der Waals surface area (Å²) in [5.74, 6) is -0.542. The minimum absolute atomic E-state index is 0.0160. The van der Waals surface area contributed by atoms with Gasteiger partial charge in [0, 0.05) is 0 Å². The average molecular weight is 290 g/mol. The molecule has 2 heterocycles. The highest BCUT2D eigenvalue weighted by molar-refractivity contribution is 5.13. The summed E-state index contributed by atoms with van der Waals surface area (Å²) >= 11 is 0. The highest BCUT2D eigenvalue weighted by atomic mass is 16.8. The second-order valence-electron chi connectivity index (χ2n) is 5.91. The van der Waals surface area contributed by atoms with Gasteiger partial charge in [-0.15, -0.1) is 0 Å². The minimum atomic E-state index is -0.542. The third kappa shape index (κ3) is 3.64. The van der Waals surface area contributed by atoms with Crippen LogP contribution in [0.5, 0.6) is 0 Å². The van der Waals surface area contributed by atoms with Gasteiger partial charge < -0.3 is 18.9 Å². The summed E-state index contributed by atoms with van der Waals surface area (Å²) in [6.45, 7) is 4.96. The quantitative estimate of drug-likeness (QED) is 0.854. The van der Waals surface area contributed by atoms with Gasteiger partial charge in [-0.3, -0.25) is 0 Å². The molecule has 0 spiro atoms. The van der Waals surface area contributed by atoms with E-state index in [9.17, 15) is 0 Å². The smallest absolute Gasteiger partial charge is 0.163 e. The van der Waals surface area contributed by atoms with E-state index in [0.29, 0.717) is 13.2 Å². The molecular weight excluding hydrogens is 268 g/mol. The predicted octanol–water partition coefficient (Wildman–Crippen LogP) is 3.03. The molecule has 2 aliphatic rings. The molecule has 1 aromatic carbocycles. The van der Waals surface area contributed by atoms with Gasteiger partial charge in [0.15, 0.2) is 11.9 Å². The lowest BCUT2D eigenvalue weighted by atomic mass is 10.0. The second-order valence-corrected chi connectivity index (χ2v) is 5.91. The van der Waals surface area contributed by atoms with Crippen molar-refractivity contribution < 1.29 is 18.9 Å². The molecule has 0 saturated carbocycles. The van der Waals surface area contributed by atoms with Crippen LogP contribution in [0.3, 0.4) is 0 Å². The van der Waals surface area contributed by atoms with E-state index in [0.717, 1.165) is 12.0 Å². The van der Waals surface area contributed by atoms with Crippen molar-refractivity contribution in [1.29, 1.82) is 0 Å². The molecule has 4 nitrogen and oxygen atoms in total. The van der Waals surface area contributed by atoms with E-state index in [1.165, 1.54) is 0 Å². The van der Waals surface area contributed by atoms with E-state index < -0.39 is 5.79 Å². The van der Waals surface area contributed by atoms with Crippen LogP contribution in [0.1, 0.15) is 25.8 Å². The topological polar surface area (TPSA) is 36.9 Å². The molecule has 3 atom stereocenters. The Morgan fingerprint density at radius 2 is 2.05 bits per heavy atom. The van der Waals surface area contributed by atoms with Gasteiger partial charge >= 0.3 is 0 Å². The summed E-state index contributed by atoms with van der Waals surface area (Å²) in [5, 5.41) is 0. The standard InChI is InChI=1S/C17H22O4/c1-17(2)20-12-15(21-17)16-14(9-6-10-18-16)19-11-13-7-4-3-5-8-13/h3-8,10,14-16H,9,11-12H2,1-2H3/t14-,15-,16+/m1/s1. The van der Waals surface area contributed by atoms with E-state index in [4.69, 9.17) is 18.9 Å². The van der Waals surface area contributed by atoms with E-state index in [-0.39, 0.29) is 18.3 Å². The zero-order valence-corrected chi connectivity index (χ0v) is 12.5. The lowest BCUT2D eigenvalue weighted by Crippen LogP contribution is -2.43. The van der Waals surface area contributed by atoms with Crippen molar-refractivity contribution in [2.24, 2.45) is 0 Å². The monoisotopic (exact) mass is 290 g/mol. The Morgan fingerprint density at radius 3 is 2.76 bits per heavy atom. The highest BCUT2D eigenvalue weighted by Crippen LogP contribution is 2.30. The lowest BCUT2D eigenvalue weighted by molar-refractivity contribution is -0.169. The normalized spacial score (nSPS) is 31.0. The Bertz CT molecular complexity index is 483. The molecule has 0 aromatic heterocycles. The summed E-state index contributed by atoms with van der Waals surface area (Å²) in [5.41, 5.74) is 1.16. The molecular formula is C17H22O4. The van der Waals surface area contributed by atoms with Crippen LogP contribution in [-0.2, 0) is 25.6 Å². The number of hydrogen-bond donors (Lipinski definition) is 0. The van der Waals surface area contributed by atoms with Gasteiger partial charge in [-0.2, -0.15) is 0 Å². The molecule has 1 saturated heterocycles. The number of ether oxygens (including phenoxy) is 4. The van der Waals surface area contributed by atoms with Gasteiger partial charge in [-0.25, -0.2) is 0 Å². The van der Waals surface area contributed by atoms with Crippen LogP contribution in [-0.4, -0.2) is 30.7 Å². The van der Waals surface area contributed by atoms with Crippen molar-refractivity contribution in [3.8, 4) is 0 Å². The first-order valence-electron chi connectivity index (χ1n) is 7.42. The van der Waals surface area contributed by atoms with Gasteiger partial charge in [0.1, 0.15) is 12.2 Å². The van der Waals surface area contributed by atoms with Gasteiger partial charge in [0.2, 0.25) is 0 Å². The molecule has 0 bridgehead atoms. The predicted molar refractivity (Wildman–Crippen MR) is 78.6 cm³/mol. The maximum atomic E-state index is 6.05. The molecule has 0 aliphatic carbocycles. The molecule has 4 heteroatoms. The molecule has 3 rings (SSSR count). The van der Waals surface area contributed by atoms with Crippen LogP contribution in [0.2, 0.25) is 0 Å². The Labute approximate surface area is 125 Å². The SMILES string of the molecule is CC1(C)OC[C@H]([C@H]2OC=CC[C@H]2OCc2ccccc2)O1. The summed E-state index contributed by atoms with van der Waals surface area (Å²) in [4.78, 5) is 0. The molecule has 0 radical (unpaired) electrons. The van der Waals surface area contributed by atoms with Gasteiger partial charge in [-0.05, 0) is 31.9 Å². The van der Waals surface area contributed by atoms with Crippen LogP contribution in [0.15, 0.2) is 42.7 Å². The van der Waals surface area contributed by atoms with E-state index in [2.05, 4.69) is 12.1 Å². The van der Waals surface area contributed by atoms with Crippen LogP contribution in [0.25, 0.3) is 0 Å². The van der Waals surface area contributed by atoms with E-state index in [1.807, 2.05) is 38.1 Å². The fraction of sp³-hybridized carbons (Fsp3) is 0.529. The van der Waals surface area contributed by atoms with Crippen molar-refractivity contribution in [2.45, 2.75) is 51.0 Å². The largest absolute Gasteiger partial charge is 0.493 e. The van der Waals surface area contributed by atoms with E-state index >= 15 is 0 Å². The van der Waals surface area contributed by atoms with Crippen LogP contribution in [0, 0.1) is 0 Å². The minimum Gasteiger partial charge on any atom is -0.493 e. The molecule has 114 valence electrons. The molecule has 2 aliphatic heterocycles. The number of rotatable bonds is 4. The maximum Gasteiger partial charge on any atom is 0.163 e. The first-order chi connectivity index (χ1) is 10.1. The first-order valence-corrected chi connectivity index (χ1v) is 7.42. The Hall–Kier alpha value is -1.36. The number of hydrogen-bond acceptors (Lipinski definition) is 4.